The molecule has 1 amide bonds. The number of nitrogens with zero attached hydrogens (tertiary/aromatic N) is 6. The molecule has 0 aliphatic carbocycles. The Morgan fingerprint density at radius 2 is 1.91 bits per heavy atom. The van der Waals surface area contributed by atoms with Gasteiger partial charge in [-0.15, -0.1) is 10.2 Å². The molecular formula is C23H21F2N7O. The number of imidazole rings is 1. The Bertz CT molecular complexity index is 1330. The predicted octanol–water partition coefficient (Wildman–Crippen LogP) is 3.91. The number of anilines is 2. The van der Waals surface area contributed by atoms with E-state index >= 15 is 0 Å². The number of rotatable bonds is 4. The molecule has 1 N–H and O–H groups in total. The van der Waals surface area contributed by atoms with E-state index in [4.69, 9.17) is 0 Å². The number of amides is 1. The zero-order chi connectivity index (χ0) is 23.0. The number of carbonyl (C=O) groups excluding carboxylic acids is 1. The summed E-state index contributed by atoms with van der Waals surface area (Å²) >= 11 is 0. The highest BCUT2D eigenvalue weighted by molar-refractivity contribution is 6.04. The minimum atomic E-state index is -2.64. The summed E-state index contributed by atoms with van der Waals surface area (Å²) in [5.74, 6) is -2.21. The molecule has 4 aromatic rings. The lowest BCUT2D eigenvalue weighted by atomic mass is 10.1. The smallest absolute Gasteiger partial charge is 0.257 e. The van der Waals surface area contributed by atoms with Gasteiger partial charge in [-0.1, -0.05) is 6.07 Å². The molecule has 1 fully saturated rings. The van der Waals surface area contributed by atoms with Gasteiger partial charge < -0.3 is 14.8 Å². The quantitative estimate of drug-likeness (QED) is 0.508. The van der Waals surface area contributed by atoms with Crippen LogP contribution in [0.5, 0.6) is 0 Å². The van der Waals surface area contributed by atoms with Gasteiger partial charge in [0.05, 0.1) is 23.7 Å². The number of hydrogen-bond acceptors (Lipinski definition) is 6. The second-order valence-corrected chi connectivity index (χ2v) is 8.09. The van der Waals surface area contributed by atoms with Crippen molar-refractivity contribution in [1.29, 1.82) is 0 Å². The Kier molecular flexibility index (Phi) is 5.20. The third-order valence-corrected chi connectivity index (χ3v) is 5.77. The van der Waals surface area contributed by atoms with Crippen LogP contribution < -0.4 is 10.2 Å². The van der Waals surface area contributed by atoms with Crippen molar-refractivity contribution in [2.45, 2.75) is 18.8 Å². The van der Waals surface area contributed by atoms with E-state index in [2.05, 4.69) is 25.5 Å². The summed E-state index contributed by atoms with van der Waals surface area (Å²) in [6, 6.07) is 10.7. The van der Waals surface area contributed by atoms with Gasteiger partial charge in [0.1, 0.15) is 5.82 Å². The van der Waals surface area contributed by atoms with E-state index in [1.54, 1.807) is 35.6 Å². The Morgan fingerprint density at radius 3 is 2.67 bits per heavy atom. The third-order valence-electron chi connectivity index (χ3n) is 5.77. The first kappa shape index (κ1) is 20.9. The van der Waals surface area contributed by atoms with Gasteiger partial charge in [-0.3, -0.25) is 4.79 Å². The van der Waals surface area contributed by atoms with E-state index in [-0.39, 0.29) is 31.8 Å². The molecule has 8 nitrogen and oxygen atoms in total. The topological polar surface area (TPSA) is 88.8 Å². The zero-order valence-electron chi connectivity index (χ0n) is 17.9. The number of halogens is 2. The summed E-state index contributed by atoms with van der Waals surface area (Å²) in [5.41, 5.74) is 2.99. The van der Waals surface area contributed by atoms with Crippen molar-refractivity contribution in [3.8, 4) is 11.3 Å². The van der Waals surface area contributed by atoms with Crippen molar-refractivity contribution in [3.63, 3.8) is 0 Å². The maximum atomic E-state index is 13.5. The van der Waals surface area contributed by atoms with Crippen LogP contribution in [0.25, 0.3) is 22.2 Å². The fourth-order valence-electron chi connectivity index (χ4n) is 3.88. The molecule has 0 radical (unpaired) electrons. The van der Waals surface area contributed by atoms with Crippen LogP contribution in [-0.4, -0.2) is 49.7 Å². The minimum absolute atomic E-state index is 0.195. The van der Waals surface area contributed by atoms with Gasteiger partial charge in [0, 0.05) is 55.7 Å². The normalized spacial score (nSPS) is 15.5. The molecule has 10 heteroatoms. The van der Waals surface area contributed by atoms with E-state index in [0.29, 0.717) is 22.7 Å². The van der Waals surface area contributed by atoms with Crippen LogP contribution in [0, 0.1) is 0 Å². The van der Waals surface area contributed by atoms with E-state index in [0.717, 1.165) is 16.6 Å². The van der Waals surface area contributed by atoms with Crippen LogP contribution in [0.2, 0.25) is 0 Å². The van der Waals surface area contributed by atoms with E-state index in [1.165, 1.54) is 6.20 Å². The highest BCUT2D eigenvalue weighted by Gasteiger charge is 2.34. The van der Waals surface area contributed by atoms with Crippen molar-refractivity contribution in [2.24, 2.45) is 7.05 Å². The van der Waals surface area contributed by atoms with Crippen molar-refractivity contribution >= 4 is 28.4 Å². The molecule has 33 heavy (non-hydrogen) atoms. The Balaban J connectivity index is 1.35. The van der Waals surface area contributed by atoms with Crippen molar-refractivity contribution in [2.75, 3.05) is 23.3 Å². The number of pyridine rings is 1. The van der Waals surface area contributed by atoms with Gasteiger partial charge in [-0.25, -0.2) is 18.7 Å². The van der Waals surface area contributed by atoms with Crippen molar-refractivity contribution in [1.82, 2.24) is 24.7 Å². The first-order chi connectivity index (χ1) is 15.9. The average molecular weight is 449 g/mol. The number of hydrogen-bond donors (Lipinski definition) is 1. The Morgan fingerprint density at radius 1 is 1.09 bits per heavy atom. The maximum Gasteiger partial charge on any atom is 0.257 e. The van der Waals surface area contributed by atoms with Gasteiger partial charge in [0.15, 0.2) is 5.82 Å². The third kappa shape index (κ3) is 4.36. The molecule has 168 valence electrons. The van der Waals surface area contributed by atoms with Crippen LogP contribution in [0.4, 0.5) is 20.4 Å². The number of piperidine rings is 1. The molecule has 0 saturated carbocycles. The van der Waals surface area contributed by atoms with Crippen molar-refractivity contribution in [3.05, 3.63) is 60.7 Å². The molecule has 4 heterocycles. The molecule has 5 rings (SSSR count). The van der Waals surface area contributed by atoms with Gasteiger partial charge >= 0.3 is 0 Å². The van der Waals surface area contributed by atoms with E-state index in [9.17, 15) is 13.6 Å². The summed E-state index contributed by atoms with van der Waals surface area (Å²) in [6.07, 6.45) is 4.57. The molecule has 1 aromatic carbocycles. The van der Waals surface area contributed by atoms with Crippen LogP contribution in [0.15, 0.2) is 55.1 Å². The second kappa shape index (κ2) is 8.19. The van der Waals surface area contributed by atoms with Crippen molar-refractivity contribution < 1.29 is 13.6 Å². The number of aromatic nitrogens is 5. The lowest BCUT2D eigenvalue weighted by Crippen LogP contribution is -2.39. The minimum Gasteiger partial charge on any atom is -0.356 e. The first-order valence-corrected chi connectivity index (χ1v) is 10.5. The lowest BCUT2D eigenvalue weighted by molar-refractivity contribution is -0.0221. The average Bonchev–Trinajstić information content (AvgIpc) is 3.24. The highest BCUT2D eigenvalue weighted by Crippen LogP contribution is 2.30. The van der Waals surface area contributed by atoms with Gasteiger partial charge in [0.25, 0.3) is 11.8 Å². The molecule has 3 aromatic heterocycles. The highest BCUT2D eigenvalue weighted by atomic mass is 19.3. The fraction of sp³-hybridized carbons (Fsp3) is 0.261. The van der Waals surface area contributed by atoms with E-state index in [1.807, 2.05) is 29.8 Å². The molecule has 1 saturated heterocycles. The van der Waals surface area contributed by atoms with Crippen LogP contribution >= 0.6 is 0 Å². The number of alkyl halides is 2. The number of carbonyl (C=O) groups is 1. The monoisotopic (exact) mass is 449 g/mol. The zero-order valence-corrected chi connectivity index (χ0v) is 17.9. The Labute approximate surface area is 188 Å². The Hall–Kier alpha value is -3.95. The van der Waals surface area contributed by atoms with Crippen LogP contribution in [-0.2, 0) is 7.05 Å². The molecule has 0 spiro atoms. The molecule has 1 aliphatic heterocycles. The van der Waals surface area contributed by atoms with Gasteiger partial charge in [0.2, 0.25) is 0 Å². The first-order valence-electron chi connectivity index (χ1n) is 10.5. The second-order valence-electron chi connectivity index (χ2n) is 8.09. The standard InChI is InChI=1S/C23H21F2N7O/c1-31-14-26-13-19(31)15-2-3-18-17(10-15)11-20(30-29-18)28-22(33)16-4-7-27-21(12-16)32-8-5-23(24,25)6-9-32/h2-4,7,10-14H,5-6,8-9H2,1H3,(H,28,30,33). The number of aryl methyl sites for hydroxylation is 1. The predicted molar refractivity (Wildman–Crippen MR) is 120 cm³/mol. The summed E-state index contributed by atoms with van der Waals surface area (Å²) in [6.45, 7) is 0.389. The number of fused-ring (bicyclic) bond motifs is 1. The summed E-state index contributed by atoms with van der Waals surface area (Å²) in [7, 11) is 1.92. The fourth-order valence-corrected chi connectivity index (χ4v) is 3.88. The van der Waals surface area contributed by atoms with Crippen LogP contribution in [0.3, 0.4) is 0 Å². The molecule has 0 bridgehead atoms. The maximum absolute atomic E-state index is 13.5. The number of benzene rings is 1. The largest absolute Gasteiger partial charge is 0.356 e. The SMILES string of the molecule is Cn1cncc1-c1ccc2nnc(NC(=O)c3ccnc(N4CCC(F)(F)CC4)c3)cc2c1. The molecule has 0 unspecified atom stereocenters. The van der Waals surface area contributed by atoms with Gasteiger partial charge in [-0.05, 0) is 30.3 Å². The molecular weight excluding hydrogens is 428 g/mol. The summed E-state index contributed by atoms with van der Waals surface area (Å²) in [4.78, 5) is 23.0. The molecule has 1 aliphatic rings. The summed E-state index contributed by atoms with van der Waals surface area (Å²) in [5, 5.41) is 11.9. The van der Waals surface area contributed by atoms with Crippen LogP contribution in [0.1, 0.15) is 23.2 Å². The van der Waals surface area contributed by atoms with E-state index < -0.39 is 5.92 Å². The molecule has 0 atom stereocenters. The number of nitrogens with one attached hydrogen (secondary N) is 1. The van der Waals surface area contributed by atoms with Gasteiger partial charge in [-0.2, -0.15) is 0 Å². The lowest BCUT2D eigenvalue weighted by Gasteiger charge is -2.32. The summed E-state index contributed by atoms with van der Waals surface area (Å²) < 4.78 is 28.8.